The highest BCUT2D eigenvalue weighted by Gasteiger charge is 2.12. The van der Waals surface area contributed by atoms with Crippen LogP contribution in [-0.2, 0) is 16.6 Å². The molecule has 1 aromatic heterocycles. The highest BCUT2D eigenvalue weighted by atomic mass is 32.2. The summed E-state index contributed by atoms with van der Waals surface area (Å²) in [5.74, 6) is 0. The van der Waals surface area contributed by atoms with E-state index < -0.39 is 10.0 Å². The number of rotatable bonds is 4. The lowest BCUT2D eigenvalue weighted by molar-refractivity contribution is 0.415. The van der Waals surface area contributed by atoms with Crippen molar-refractivity contribution in [1.29, 1.82) is 0 Å². The third-order valence-corrected chi connectivity index (χ3v) is 3.23. The summed E-state index contributed by atoms with van der Waals surface area (Å²) in [6, 6.07) is 0.216. The van der Waals surface area contributed by atoms with Gasteiger partial charge in [0, 0.05) is 57.4 Å². The average molecular weight is 318 g/mol. The standard InChI is InChI=1S/C6H15N3O2S.C5H7N3.CH4/c1-12(10,11)9-5-6-4-7-2-3-8-6;6-3-5-4-7-1-2-8-5;/h6-9H,2-5H2,1H3;1-2,4H,3,6H2;1H4. The van der Waals surface area contributed by atoms with E-state index in [2.05, 4.69) is 25.3 Å². The van der Waals surface area contributed by atoms with E-state index in [4.69, 9.17) is 5.73 Å². The highest BCUT2D eigenvalue weighted by Crippen LogP contribution is 1.86. The largest absolute Gasteiger partial charge is 0.325 e. The van der Waals surface area contributed by atoms with Crippen LogP contribution in [0.25, 0.3) is 0 Å². The Labute approximate surface area is 127 Å². The summed E-state index contributed by atoms with van der Waals surface area (Å²) in [6.07, 6.45) is 6.07. The topological polar surface area (TPSA) is 122 Å². The summed E-state index contributed by atoms with van der Waals surface area (Å²) < 4.78 is 23.9. The minimum atomic E-state index is -3.04. The van der Waals surface area contributed by atoms with Crippen LogP contribution in [0.3, 0.4) is 0 Å². The fraction of sp³-hybridized carbons (Fsp3) is 0.667. The average Bonchev–Trinajstić information content (AvgIpc) is 2.47. The lowest BCUT2D eigenvalue weighted by atomic mass is 10.2. The smallest absolute Gasteiger partial charge is 0.208 e. The molecule has 1 aliphatic heterocycles. The molecule has 2 rings (SSSR count). The van der Waals surface area contributed by atoms with Gasteiger partial charge in [0.2, 0.25) is 10.0 Å². The number of piperazine rings is 1. The molecule has 5 N–H and O–H groups in total. The molecule has 122 valence electrons. The zero-order valence-corrected chi connectivity index (χ0v) is 12.4. The van der Waals surface area contributed by atoms with E-state index in [-0.39, 0.29) is 13.5 Å². The molecular weight excluding hydrogens is 292 g/mol. The number of aromatic nitrogens is 2. The second kappa shape index (κ2) is 10.6. The normalized spacial score (nSPS) is 18.1. The van der Waals surface area contributed by atoms with E-state index in [1.54, 1.807) is 18.6 Å². The second-order valence-electron chi connectivity index (χ2n) is 4.38. The minimum Gasteiger partial charge on any atom is -0.325 e. The summed E-state index contributed by atoms with van der Waals surface area (Å²) in [7, 11) is -3.04. The highest BCUT2D eigenvalue weighted by molar-refractivity contribution is 7.88. The predicted octanol–water partition coefficient (Wildman–Crippen LogP) is -1.33. The Bertz CT molecular complexity index is 462. The summed E-state index contributed by atoms with van der Waals surface area (Å²) >= 11 is 0. The van der Waals surface area contributed by atoms with Crippen LogP contribution in [-0.4, -0.2) is 56.9 Å². The monoisotopic (exact) mass is 318 g/mol. The van der Waals surface area contributed by atoms with Gasteiger partial charge in [0.05, 0.1) is 11.9 Å². The van der Waals surface area contributed by atoms with E-state index in [9.17, 15) is 8.42 Å². The first-order chi connectivity index (χ1) is 9.51. The molecule has 1 fully saturated rings. The number of hydrogen-bond acceptors (Lipinski definition) is 7. The Kier molecular flexibility index (Phi) is 10.0. The quantitative estimate of drug-likeness (QED) is 0.542. The third kappa shape index (κ3) is 10.3. The third-order valence-electron chi connectivity index (χ3n) is 2.54. The number of hydrogen-bond donors (Lipinski definition) is 4. The van der Waals surface area contributed by atoms with Crippen molar-refractivity contribution in [3.05, 3.63) is 24.3 Å². The molecule has 1 aromatic rings. The Balaban J connectivity index is 0.000000390. The molecule has 0 spiro atoms. The molecule has 21 heavy (non-hydrogen) atoms. The molecule has 1 atom stereocenters. The van der Waals surface area contributed by atoms with Crippen molar-refractivity contribution in [3.63, 3.8) is 0 Å². The number of nitrogens with zero attached hydrogens (tertiary/aromatic N) is 2. The van der Waals surface area contributed by atoms with Gasteiger partial charge in [-0.2, -0.15) is 0 Å². The Hall–Kier alpha value is -1.13. The minimum absolute atomic E-state index is 0. The molecule has 1 aliphatic rings. The van der Waals surface area contributed by atoms with Gasteiger partial charge in [-0.05, 0) is 0 Å². The molecule has 0 aliphatic carbocycles. The number of sulfonamides is 1. The summed E-state index contributed by atoms with van der Waals surface area (Å²) in [4.78, 5) is 7.72. The van der Waals surface area contributed by atoms with Crippen LogP contribution in [0, 0.1) is 0 Å². The molecule has 8 nitrogen and oxygen atoms in total. The first-order valence-corrected chi connectivity index (χ1v) is 8.24. The van der Waals surface area contributed by atoms with Crippen molar-refractivity contribution in [1.82, 2.24) is 25.3 Å². The zero-order valence-electron chi connectivity index (χ0n) is 11.5. The fourth-order valence-corrected chi connectivity index (χ4v) is 2.05. The Morgan fingerprint density at radius 1 is 1.43 bits per heavy atom. The molecule has 9 heteroatoms. The van der Waals surface area contributed by atoms with Crippen LogP contribution in [0.4, 0.5) is 0 Å². The van der Waals surface area contributed by atoms with E-state index in [1.165, 1.54) is 6.26 Å². The van der Waals surface area contributed by atoms with E-state index in [0.717, 1.165) is 25.3 Å². The van der Waals surface area contributed by atoms with Gasteiger partial charge in [-0.15, -0.1) is 0 Å². The molecule has 0 radical (unpaired) electrons. The zero-order chi connectivity index (χ0) is 14.8. The lowest BCUT2D eigenvalue weighted by Gasteiger charge is -2.24. The maximum Gasteiger partial charge on any atom is 0.208 e. The maximum atomic E-state index is 10.7. The molecular formula is C12H26N6O2S. The summed E-state index contributed by atoms with van der Waals surface area (Å²) in [5, 5.41) is 6.38. The van der Waals surface area contributed by atoms with Crippen LogP contribution in [0.2, 0.25) is 0 Å². The first-order valence-electron chi connectivity index (χ1n) is 6.35. The number of nitrogens with one attached hydrogen (secondary N) is 3. The summed E-state index contributed by atoms with van der Waals surface area (Å²) in [5.41, 5.74) is 6.07. The van der Waals surface area contributed by atoms with Gasteiger partial charge in [0.25, 0.3) is 0 Å². The molecule has 2 heterocycles. The predicted molar refractivity (Wildman–Crippen MR) is 84.2 cm³/mol. The molecule has 1 unspecified atom stereocenters. The van der Waals surface area contributed by atoms with Gasteiger partial charge >= 0.3 is 0 Å². The molecule has 0 amide bonds. The first kappa shape index (κ1) is 19.9. The Morgan fingerprint density at radius 2 is 2.19 bits per heavy atom. The van der Waals surface area contributed by atoms with E-state index in [1.807, 2.05) is 0 Å². The van der Waals surface area contributed by atoms with Crippen molar-refractivity contribution in [3.8, 4) is 0 Å². The molecule has 0 saturated carbocycles. The molecule has 0 bridgehead atoms. The van der Waals surface area contributed by atoms with Crippen LogP contribution < -0.4 is 21.1 Å². The molecule has 0 aromatic carbocycles. The van der Waals surface area contributed by atoms with Crippen molar-refractivity contribution >= 4 is 10.0 Å². The Morgan fingerprint density at radius 3 is 2.62 bits per heavy atom. The number of nitrogens with two attached hydrogens (primary N) is 1. The van der Waals surface area contributed by atoms with Gasteiger partial charge in [0.1, 0.15) is 0 Å². The SMILES string of the molecule is C.CS(=O)(=O)NCC1CNCCN1.NCc1cnccn1. The fourth-order valence-electron chi connectivity index (χ4n) is 1.54. The van der Waals surface area contributed by atoms with Crippen molar-refractivity contribution < 1.29 is 8.42 Å². The summed E-state index contributed by atoms with van der Waals surface area (Å²) in [6.45, 7) is 3.60. The second-order valence-corrected chi connectivity index (χ2v) is 6.21. The van der Waals surface area contributed by atoms with Crippen molar-refractivity contribution in [2.75, 3.05) is 32.4 Å². The van der Waals surface area contributed by atoms with Crippen LogP contribution in [0.5, 0.6) is 0 Å². The van der Waals surface area contributed by atoms with Gasteiger partial charge < -0.3 is 16.4 Å². The van der Waals surface area contributed by atoms with Gasteiger partial charge in [-0.3, -0.25) is 9.97 Å². The van der Waals surface area contributed by atoms with Crippen molar-refractivity contribution in [2.24, 2.45) is 5.73 Å². The van der Waals surface area contributed by atoms with Gasteiger partial charge in [0.15, 0.2) is 0 Å². The van der Waals surface area contributed by atoms with Gasteiger partial charge in [-0.25, -0.2) is 13.1 Å². The van der Waals surface area contributed by atoms with Crippen molar-refractivity contribution in [2.45, 2.75) is 20.0 Å². The van der Waals surface area contributed by atoms with E-state index >= 15 is 0 Å². The maximum absolute atomic E-state index is 10.7. The van der Waals surface area contributed by atoms with Gasteiger partial charge in [-0.1, -0.05) is 7.43 Å². The molecule has 1 saturated heterocycles. The van der Waals surface area contributed by atoms with Crippen LogP contribution in [0.15, 0.2) is 18.6 Å². The van der Waals surface area contributed by atoms with Crippen LogP contribution >= 0.6 is 0 Å². The van der Waals surface area contributed by atoms with E-state index in [0.29, 0.717) is 13.1 Å². The van der Waals surface area contributed by atoms with Crippen LogP contribution in [0.1, 0.15) is 13.1 Å². The lowest BCUT2D eigenvalue weighted by Crippen LogP contribution is -2.53.